The molecule has 1 saturated heterocycles. The summed E-state index contributed by atoms with van der Waals surface area (Å²) in [6, 6.07) is 8.97. The molecule has 0 saturated carbocycles. The van der Waals surface area contributed by atoms with Crippen molar-refractivity contribution in [2.45, 2.75) is 6.04 Å². The van der Waals surface area contributed by atoms with E-state index in [-0.39, 0.29) is 0 Å². The van der Waals surface area contributed by atoms with Crippen LogP contribution < -0.4 is 10.6 Å². The molecule has 0 aromatic heterocycles. The molecule has 2 N–H and O–H groups in total. The Morgan fingerprint density at radius 1 is 1.15 bits per heavy atom. The smallest absolute Gasteiger partial charge is 0.0447 e. The van der Waals surface area contributed by atoms with Crippen LogP contribution in [0.1, 0.15) is 11.6 Å². The minimum atomic E-state index is 0.474. The average Bonchev–Trinajstić information content (AvgIpc) is 2.20. The SMILES string of the molecule is Brc1ccc([C@@H]2CNCCN2)cc1. The summed E-state index contributed by atoms with van der Waals surface area (Å²) in [5, 5.41) is 6.85. The third-order valence-electron chi connectivity index (χ3n) is 2.31. The summed E-state index contributed by atoms with van der Waals surface area (Å²) in [6.45, 7) is 3.16. The van der Waals surface area contributed by atoms with E-state index in [4.69, 9.17) is 0 Å². The summed E-state index contributed by atoms with van der Waals surface area (Å²) in [5.41, 5.74) is 1.36. The molecule has 1 aromatic carbocycles. The Labute approximate surface area is 86.9 Å². The Hall–Kier alpha value is -0.380. The van der Waals surface area contributed by atoms with Crippen LogP contribution in [0.3, 0.4) is 0 Å². The molecule has 2 nitrogen and oxygen atoms in total. The first-order valence-corrected chi connectivity index (χ1v) is 5.35. The van der Waals surface area contributed by atoms with Gasteiger partial charge in [-0.1, -0.05) is 28.1 Å². The summed E-state index contributed by atoms with van der Waals surface area (Å²) >= 11 is 3.43. The number of rotatable bonds is 1. The molecule has 2 rings (SSSR count). The van der Waals surface area contributed by atoms with E-state index in [0.29, 0.717) is 6.04 Å². The van der Waals surface area contributed by atoms with Gasteiger partial charge in [0, 0.05) is 30.1 Å². The minimum absolute atomic E-state index is 0.474. The second-order valence-corrected chi connectivity index (χ2v) is 4.18. The fraction of sp³-hybridized carbons (Fsp3) is 0.400. The van der Waals surface area contributed by atoms with Crippen molar-refractivity contribution in [3.05, 3.63) is 34.3 Å². The maximum atomic E-state index is 3.48. The highest BCUT2D eigenvalue weighted by atomic mass is 79.9. The van der Waals surface area contributed by atoms with E-state index in [0.717, 1.165) is 24.1 Å². The average molecular weight is 241 g/mol. The van der Waals surface area contributed by atoms with Crippen LogP contribution in [0.2, 0.25) is 0 Å². The Morgan fingerprint density at radius 3 is 2.54 bits per heavy atom. The van der Waals surface area contributed by atoms with Gasteiger partial charge in [-0.15, -0.1) is 0 Å². The van der Waals surface area contributed by atoms with Crippen molar-refractivity contribution in [1.29, 1.82) is 0 Å². The highest BCUT2D eigenvalue weighted by Crippen LogP contribution is 2.17. The standard InChI is InChI=1S/C10H13BrN2/c11-9-3-1-8(2-4-9)10-7-12-5-6-13-10/h1-4,10,12-13H,5-7H2/t10-/m0/s1. The molecule has 0 bridgehead atoms. The van der Waals surface area contributed by atoms with Gasteiger partial charge in [-0.2, -0.15) is 0 Å². The number of hydrogen-bond acceptors (Lipinski definition) is 2. The zero-order chi connectivity index (χ0) is 9.10. The van der Waals surface area contributed by atoms with Crippen LogP contribution in [0.5, 0.6) is 0 Å². The second kappa shape index (κ2) is 4.22. The van der Waals surface area contributed by atoms with Crippen LogP contribution in [0.25, 0.3) is 0 Å². The maximum Gasteiger partial charge on any atom is 0.0447 e. The molecule has 3 heteroatoms. The Bertz CT molecular complexity index is 265. The topological polar surface area (TPSA) is 24.1 Å². The van der Waals surface area contributed by atoms with Gasteiger partial charge in [-0.05, 0) is 17.7 Å². The number of piperazine rings is 1. The van der Waals surface area contributed by atoms with Crippen molar-refractivity contribution in [3.63, 3.8) is 0 Å². The van der Waals surface area contributed by atoms with Gasteiger partial charge in [-0.25, -0.2) is 0 Å². The molecule has 0 aliphatic carbocycles. The van der Waals surface area contributed by atoms with Crippen LogP contribution in [0.4, 0.5) is 0 Å². The van der Waals surface area contributed by atoms with Crippen LogP contribution in [0.15, 0.2) is 28.7 Å². The molecule has 70 valence electrons. The predicted molar refractivity (Wildman–Crippen MR) is 57.8 cm³/mol. The zero-order valence-corrected chi connectivity index (χ0v) is 8.97. The van der Waals surface area contributed by atoms with Gasteiger partial charge in [-0.3, -0.25) is 0 Å². The van der Waals surface area contributed by atoms with E-state index in [1.807, 2.05) is 0 Å². The van der Waals surface area contributed by atoms with Gasteiger partial charge in [0.1, 0.15) is 0 Å². The Balaban J connectivity index is 2.10. The van der Waals surface area contributed by atoms with Gasteiger partial charge in [0.05, 0.1) is 0 Å². The first-order valence-electron chi connectivity index (χ1n) is 4.56. The number of halogens is 1. The lowest BCUT2D eigenvalue weighted by Crippen LogP contribution is -2.42. The third kappa shape index (κ3) is 2.30. The molecule has 0 spiro atoms. The van der Waals surface area contributed by atoms with E-state index in [1.54, 1.807) is 0 Å². The highest BCUT2D eigenvalue weighted by molar-refractivity contribution is 9.10. The largest absolute Gasteiger partial charge is 0.314 e. The second-order valence-electron chi connectivity index (χ2n) is 3.26. The lowest BCUT2D eigenvalue weighted by molar-refractivity contribution is 0.430. The van der Waals surface area contributed by atoms with Gasteiger partial charge in [0.25, 0.3) is 0 Å². The van der Waals surface area contributed by atoms with Crippen molar-refractivity contribution in [3.8, 4) is 0 Å². The summed E-state index contributed by atoms with van der Waals surface area (Å²) in [4.78, 5) is 0. The van der Waals surface area contributed by atoms with Crippen LogP contribution in [-0.2, 0) is 0 Å². The first-order chi connectivity index (χ1) is 6.36. The van der Waals surface area contributed by atoms with Gasteiger partial charge in [0.2, 0.25) is 0 Å². The number of hydrogen-bond donors (Lipinski definition) is 2. The maximum absolute atomic E-state index is 3.48. The van der Waals surface area contributed by atoms with Crippen molar-refractivity contribution in [1.82, 2.24) is 10.6 Å². The molecule has 13 heavy (non-hydrogen) atoms. The lowest BCUT2D eigenvalue weighted by Gasteiger charge is -2.24. The lowest BCUT2D eigenvalue weighted by atomic mass is 10.1. The number of benzene rings is 1. The monoisotopic (exact) mass is 240 g/mol. The minimum Gasteiger partial charge on any atom is -0.314 e. The van der Waals surface area contributed by atoms with Crippen LogP contribution in [0, 0.1) is 0 Å². The fourth-order valence-corrected chi connectivity index (χ4v) is 1.85. The molecule has 1 fully saturated rings. The molecule has 1 heterocycles. The van der Waals surface area contributed by atoms with E-state index in [2.05, 4.69) is 50.8 Å². The van der Waals surface area contributed by atoms with Crippen molar-refractivity contribution >= 4 is 15.9 Å². The number of nitrogens with one attached hydrogen (secondary N) is 2. The fourth-order valence-electron chi connectivity index (χ4n) is 1.58. The first kappa shape index (κ1) is 9.19. The molecular formula is C10H13BrN2. The molecule has 1 aromatic rings. The summed E-state index contributed by atoms with van der Waals surface area (Å²) in [5.74, 6) is 0. The van der Waals surface area contributed by atoms with Crippen molar-refractivity contribution in [2.75, 3.05) is 19.6 Å². The molecule has 1 aliphatic rings. The Kier molecular flexibility index (Phi) is 2.98. The molecule has 0 radical (unpaired) electrons. The van der Waals surface area contributed by atoms with Crippen molar-refractivity contribution < 1.29 is 0 Å². The zero-order valence-electron chi connectivity index (χ0n) is 7.39. The van der Waals surface area contributed by atoms with Crippen LogP contribution in [-0.4, -0.2) is 19.6 Å². The molecular weight excluding hydrogens is 228 g/mol. The van der Waals surface area contributed by atoms with E-state index < -0.39 is 0 Å². The summed E-state index contributed by atoms with van der Waals surface area (Å²) < 4.78 is 1.14. The Morgan fingerprint density at radius 2 is 1.92 bits per heavy atom. The van der Waals surface area contributed by atoms with Gasteiger partial charge >= 0.3 is 0 Å². The molecule has 1 aliphatic heterocycles. The van der Waals surface area contributed by atoms with E-state index >= 15 is 0 Å². The van der Waals surface area contributed by atoms with Crippen molar-refractivity contribution in [2.24, 2.45) is 0 Å². The molecule has 0 unspecified atom stereocenters. The molecule has 1 atom stereocenters. The highest BCUT2D eigenvalue weighted by Gasteiger charge is 2.13. The predicted octanol–water partition coefficient (Wildman–Crippen LogP) is 1.68. The summed E-state index contributed by atoms with van der Waals surface area (Å²) in [7, 11) is 0. The van der Waals surface area contributed by atoms with E-state index in [9.17, 15) is 0 Å². The normalized spacial score (nSPS) is 23.0. The quantitative estimate of drug-likeness (QED) is 0.781. The summed E-state index contributed by atoms with van der Waals surface area (Å²) in [6.07, 6.45) is 0. The van der Waals surface area contributed by atoms with Gasteiger partial charge in [0.15, 0.2) is 0 Å². The van der Waals surface area contributed by atoms with Crippen LogP contribution >= 0.6 is 15.9 Å². The van der Waals surface area contributed by atoms with Gasteiger partial charge < -0.3 is 10.6 Å². The van der Waals surface area contributed by atoms with E-state index in [1.165, 1.54) is 5.56 Å². The molecule has 0 amide bonds. The third-order valence-corrected chi connectivity index (χ3v) is 2.84.